The minimum Gasteiger partial charge on any atom is -0.349 e. The molecule has 2 heterocycles. The molecule has 2 aromatic rings. The molecule has 8 heteroatoms. The van der Waals surface area contributed by atoms with Crippen molar-refractivity contribution in [1.82, 2.24) is 20.0 Å². The molecule has 7 nitrogen and oxygen atoms in total. The second kappa shape index (κ2) is 6.95. The highest BCUT2D eigenvalue weighted by atomic mass is 32.2. The zero-order valence-electron chi connectivity index (χ0n) is 14.1. The lowest BCUT2D eigenvalue weighted by molar-refractivity contribution is -0.124. The lowest BCUT2D eigenvalue weighted by Crippen LogP contribution is -2.37. The Bertz CT molecular complexity index is 862. The highest BCUT2D eigenvalue weighted by molar-refractivity contribution is 8.14. The number of benzene rings is 1. The predicted molar refractivity (Wildman–Crippen MR) is 97.5 cm³/mol. The molecule has 0 radical (unpaired) electrons. The van der Waals surface area contributed by atoms with E-state index in [4.69, 9.17) is 0 Å². The Hall–Kier alpha value is -2.61. The fourth-order valence-electron chi connectivity index (χ4n) is 3.36. The topological polar surface area (TPSA) is 84.3 Å². The van der Waals surface area contributed by atoms with Crippen LogP contribution in [0.3, 0.4) is 0 Å². The molecule has 0 saturated carbocycles. The van der Waals surface area contributed by atoms with Crippen LogP contribution in [0.25, 0.3) is 5.69 Å². The highest BCUT2D eigenvalue weighted by Gasteiger charge is 2.30. The quantitative estimate of drug-likeness (QED) is 0.867. The van der Waals surface area contributed by atoms with Crippen LogP contribution in [-0.2, 0) is 17.6 Å². The van der Waals surface area contributed by atoms with Crippen LogP contribution in [0.2, 0.25) is 0 Å². The smallest absolute Gasteiger partial charge is 0.288 e. The molecule has 3 amide bonds. The number of hydrogen-bond acceptors (Lipinski definition) is 5. The minimum absolute atomic E-state index is 0.182. The van der Waals surface area contributed by atoms with E-state index in [9.17, 15) is 14.4 Å². The minimum atomic E-state index is -0.260. The standard InChI is InChI=1S/C18H18N4O3S/c23-15-11-26-18(25)21(15)10-9-19-17(24)16-13-7-4-8-14(13)22(20-16)12-5-2-1-3-6-12/h1-3,5-6H,4,7-11H2,(H,19,24). The third kappa shape index (κ3) is 3.01. The van der Waals surface area contributed by atoms with Crippen molar-refractivity contribution in [1.29, 1.82) is 0 Å². The van der Waals surface area contributed by atoms with E-state index in [-0.39, 0.29) is 35.9 Å². The Balaban J connectivity index is 1.48. The van der Waals surface area contributed by atoms with E-state index in [2.05, 4.69) is 10.4 Å². The molecule has 1 aliphatic heterocycles. The second-order valence-corrected chi connectivity index (χ2v) is 7.16. The van der Waals surface area contributed by atoms with Crippen LogP contribution in [-0.4, -0.2) is 50.6 Å². The van der Waals surface area contributed by atoms with Gasteiger partial charge in [0, 0.05) is 24.3 Å². The van der Waals surface area contributed by atoms with Gasteiger partial charge in [-0.15, -0.1) is 0 Å². The molecular formula is C18H18N4O3S. The number of fused-ring (bicyclic) bond motifs is 1. The van der Waals surface area contributed by atoms with Crippen LogP contribution in [0.4, 0.5) is 4.79 Å². The number of thioether (sulfide) groups is 1. The van der Waals surface area contributed by atoms with Gasteiger partial charge in [0.15, 0.2) is 5.69 Å². The average Bonchev–Trinajstić information content (AvgIpc) is 3.33. The molecule has 4 rings (SSSR count). The average molecular weight is 370 g/mol. The van der Waals surface area contributed by atoms with Gasteiger partial charge < -0.3 is 5.32 Å². The molecule has 1 saturated heterocycles. The van der Waals surface area contributed by atoms with Crippen molar-refractivity contribution in [2.24, 2.45) is 0 Å². The monoisotopic (exact) mass is 370 g/mol. The molecule has 0 spiro atoms. The summed E-state index contributed by atoms with van der Waals surface area (Å²) >= 11 is 0.995. The first kappa shape index (κ1) is 16.8. The van der Waals surface area contributed by atoms with E-state index in [1.54, 1.807) is 0 Å². The molecule has 134 valence electrons. The fourth-order valence-corrected chi connectivity index (χ4v) is 4.12. The van der Waals surface area contributed by atoms with Crippen molar-refractivity contribution in [2.45, 2.75) is 19.3 Å². The maximum absolute atomic E-state index is 12.6. The summed E-state index contributed by atoms with van der Waals surface area (Å²) in [7, 11) is 0. The Morgan fingerprint density at radius 2 is 2.00 bits per heavy atom. The van der Waals surface area contributed by atoms with Crippen LogP contribution in [0.1, 0.15) is 28.2 Å². The highest BCUT2D eigenvalue weighted by Crippen LogP contribution is 2.27. The largest absolute Gasteiger partial charge is 0.349 e. The van der Waals surface area contributed by atoms with Crippen LogP contribution in [0.15, 0.2) is 30.3 Å². The van der Waals surface area contributed by atoms with E-state index >= 15 is 0 Å². The summed E-state index contributed by atoms with van der Waals surface area (Å²) in [5, 5.41) is 7.08. The number of rotatable bonds is 5. The summed E-state index contributed by atoms with van der Waals surface area (Å²) in [6.45, 7) is 0.418. The van der Waals surface area contributed by atoms with Gasteiger partial charge in [-0.25, -0.2) is 4.68 Å². The van der Waals surface area contributed by atoms with E-state index in [1.165, 1.54) is 4.90 Å². The number of carbonyl (C=O) groups is 3. The lowest BCUT2D eigenvalue weighted by Gasteiger charge is -2.12. The molecule has 1 aliphatic carbocycles. The van der Waals surface area contributed by atoms with E-state index in [0.29, 0.717) is 5.69 Å². The number of nitrogens with one attached hydrogen (secondary N) is 1. The van der Waals surface area contributed by atoms with Crippen molar-refractivity contribution in [2.75, 3.05) is 18.8 Å². The van der Waals surface area contributed by atoms with Crippen LogP contribution < -0.4 is 5.32 Å². The zero-order chi connectivity index (χ0) is 18.1. The molecule has 1 aromatic carbocycles. The zero-order valence-corrected chi connectivity index (χ0v) is 14.9. The molecule has 1 fully saturated rings. The summed E-state index contributed by atoms with van der Waals surface area (Å²) in [5.74, 6) is -0.282. The normalized spacial score (nSPS) is 16.2. The summed E-state index contributed by atoms with van der Waals surface area (Å²) in [5.41, 5.74) is 3.46. The van der Waals surface area contributed by atoms with Gasteiger partial charge in [-0.2, -0.15) is 5.10 Å². The third-order valence-corrected chi connectivity index (χ3v) is 5.47. The first-order valence-electron chi connectivity index (χ1n) is 8.56. The van der Waals surface area contributed by atoms with Crippen molar-refractivity contribution in [3.8, 4) is 5.69 Å². The summed E-state index contributed by atoms with van der Waals surface area (Å²) in [4.78, 5) is 37.0. The number of nitrogens with zero attached hydrogens (tertiary/aromatic N) is 3. The molecule has 0 unspecified atom stereocenters. The fraction of sp³-hybridized carbons (Fsp3) is 0.333. The van der Waals surface area contributed by atoms with Gasteiger partial charge in [0.1, 0.15) is 0 Å². The Kier molecular flexibility index (Phi) is 4.50. The molecule has 26 heavy (non-hydrogen) atoms. The van der Waals surface area contributed by atoms with E-state index in [0.717, 1.165) is 48.0 Å². The van der Waals surface area contributed by atoms with Gasteiger partial charge in [0.2, 0.25) is 5.91 Å². The number of amides is 3. The summed E-state index contributed by atoms with van der Waals surface area (Å²) in [6.07, 6.45) is 2.75. The summed E-state index contributed by atoms with van der Waals surface area (Å²) in [6, 6.07) is 9.77. The molecule has 2 aliphatic rings. The van der Waals surface area contributed by atoms with Crippen LogP contribution in [0.5, 0.6) is 0 Å². The third-order valence-electron chi connectivity index (χ3n) is 4.61. The van der Waals surface area contributed by atoms with Crippen molar-refractivity contribution >= 4 is 28.8 Å². The Labute approximate surface area is 154 Å². The number of imide groups is 1. The van der Waals surface area contributed by atoms with Crippen molar-refractivity contribution in [3.63, 3.8) is 0 Å². The molecule has 1 aromatic heterocycles. The SMILES string of the molecule is O=C(NCCN1C(=O)CSC1=O)c1nn(-c2ccccc2)c2c1CCC2. The molecule has 0 atom stereocenters. The van der Waals surface area contributed by atoms with E-state index < -0.39 is 0 Å². The lowest BCUT2D eigenvalue weighted by atomic mass is 10.2. The second-order valence-electron chi connectivity index (χ2n) is 6.23. The number of para-hydroxylation sites is 1. The maximum atomic E-state index is 12.6. The van der Waals surface area contributed by atoms with Gasteiger partial charge in [-0.3, -0.25) is 19.3 Å². The van der Waals surface area contributed by atoms with Gasteiger partial charge in [-0.1, -0.05) is 30.0 Å². The van der Waals surface area contributed by atoms with Crippen molar-refractivity contribution in [3.05, 3.63) is 47.3 Å². The number of hydrogen-bond donors (Lipinski definition) is 1. The van der Waals surface area contributed by atoms with Gasteiger partial charge >= 0.3 is 0 Å². The van der Waals surface area contributed by atoms with Crippen molar-refractivity contribution < 1.29 is 14.4 Å². The molecule has 0 bridgehead atoms. The number of aromatic nitrogens is 2. The van der Waals surface area contributed by atoms with Gasteiger partial charge in [0.05, 0.1) is 11.4 Å². The first-order chi connectivity index (χ1) is 12.6. The first-order valence-corrected chi connectivity index (χ1v) is 9.55. The van der Waals surface area contributed by atoms with Crippen LogP contribution in [0, 0.1) is 0 Å². The Morgan fingerprint density at radius 1 is 1.19 bits per heavy atom. The van der Waals surface area contributed by atoms with E-state index in [1.807, 2.05) is 35.0 Å². The summed E-state index contributed by atoms with van der Waals surface area (Å²) < 4.78 is 1.85. The molecule has 1 N–H and O–H groups in total. The molecular weight excluding hydrogens is 352 g/mol. The number of carbonyl (C=O) groups excluding carboxylic acids is 3. The maximum Gasteiger partial charge on any atom is 0.288 e. The Morgan fingerprint density at radius 3 is 2.73 bits per heavy atom. The predicted octanol–water partition coefficient (Wildman–Crippen LogP) is 1.79. The van der Waals surface area contributed by atoms with Gasteiger partial charge in [0.25, 0.3) is 11.1 Å². The van der Waals surface area contributed by atoms with Crippen LogP contribution >= 0.6 is 11.8 Å². The van der Waals surface area contributed by atoms with Gasteiger partial charge in [-0.05, 0) is 31.4 Å².